The molecule has 4 aliphatic carbocycles. The number of hydrogen-bond acceptors (Lipinski definition) is 3. The zero-order chi connectivity index (χ0) is 20.7. The fraction of sp³-hybridized carbons (Fsp3) is 0.520. The molecule has 0 unspecified atom stereocenters. The van der Waals surface area contributed by atoms with Gasteiger partial charge in [-0.15, -0.1) is 0 Å². The SMILES string of the molecule is COc1cccc(CNC2C3CC4CC(C3)CC2C4)c1OCc1ccc(F)cc1Cl. The second-order valence-corrected chi connectivity index (χ2v) is 9.72. The molecule has 0 aliphatic heterocycles. The number of para-hydroxylation sites is 1. The maximum Gasteiger partial charge on any atom is 0.166 e. The van der Waals surface area contributed by atoms with Gasteiger partial charge in [0.25, 0.3) is 0 Å². The molecule has 4 fully saturated rings. The van der Waals surface area contributed by atoms with Crippen LogP contribution in [0.25, 0.3) is 0 Å². The van der Waals surface area contributed by atoms with Crippen molar-refractivity contribution >= 4 is 11.6 Å². The van der Waals surface area contributed by atoms with Crippen molar-refractivity contribution in [2.45, 2.75) is 51.3 Å². The first kappa shape index (κ1) is 20.1. The van der Waals surface area contributed by atoms with Crippen molar-refractivity contribution in [1.82, 2.24) is 5.32 Å². The highest BCUT2D eigenvalue weighted by molar-refractivity contribution is 6.31. The van der Waals surface area contributed by atoms with Gasteiger partial charge in [0.05, 0.1) is 12.1 Å². The van der Waals surface area contributed by atoms with Crippen LogP contribution in [0.5, 0.6) is 11.5 Å². The molecule has 30 heavy (non-hydrogen) atoms. The lowest BCUT2D eigenvalue weighted by atomic mass is 9.54. The first-order valence-corrected chi connectivity index (χ1v) is 11.4. The zero-order valence-corrected chi connectivity index (χ0v) is 18.1. The lowest BCUT2D eigenvalue weighted by Crippen LogP contribution is -2.54. The molecule has 4 saturated carbocycles. The van der Waals surface area contributed by atoms with Gasteiger partial charge in [-0.3, -0.25) is 0 Å². The van der Waals surface area contributed by atoms with Crippen molar-refractivity contribution in [3.8, 4) is 11.5 Å². The smallest absolute Gasteiger partial charge is 0.166 e. The third kappa shape index (κ3) is 3.92. The van der Waals surface area contributed by atoms with E-state index in [1.54, 1.807) is 13.2 Å². The molecule has 5 heteroatoms. The Morgan fingerprint density at radius 2 is 1.73 bits per heavy atom. The molecule has 0 amide bonds. The summed E-state index contributed by atoms with van der Waals surface area (Å²) in [4.78, 5) is 0. The van der Waals surface area contributed by atoms with E-state index in [0.29, 0.717) is 16.8 Å². The Morgan fingerprint density at radius 3 is 2.40 bits per heavy atom. The largest absolute Gasteiger partial charge is 0.493 e. The Balaban J connectivity index is 1.30. The van der Waals surface area contributed by atoms with Gasteiger partial charge in [-0.2, -0.15) is 0 Å². The van der Waals surface area contributed by atoms with Gasteiger partial charge in [-0.05, 0) is 74.0 Å². The van der Waals surface area contributed by atoms with E-state index in [2.05, 4.69) is 11.4 Å². The average molecular weight is 430 g/mol. The number of benzene rings is 2. The summed E-state index contributed by atoms with van der Waals surface area (Å²) in [5, 5.41) is 4.25. The minimum absolute atomic E-state index is 0.268. The Bertz CT molecular complexity index is 890. The van der Waals surface area contributed by atoms with Crippen molar-refractivity contribution in [2.75, 3.05) is 7.11 Å². The third-order valence-corrected chi connectivity index (χ3v) is 7.77. The number of rotatable bonds is 7. The lowest BCUT2D eigenvalue weighted by molar-refractivity contribution is -0.0143. The highest BCUT2D eigenvalue weighted by Crippen LogP contribution is 2.53. The summed E-state index contributed by atoms with van der Waals surface area (Å²) in [7, 11) is 1.65. The van der Waals surface area contributed by atoms with Gasteiger partial charge in [0, 0.05) is 23.7 Å². The molecule has 160 valence electrons. The number of methoxy groups -OCH3 is 1. The van der Waals surface area contributed by atoms with Gasteiger partial charge in [0.15, 0.2) is 11.5 Å². The van der Waals surface area contributed by atoms with Gasteiger partial charge in [-0.25, -0.2) is 4.39 Å². The third-order valence-electron chi connectivity index (χ3n) is 7.42. The molecule has 6 rings (SSSR count). The standard InChI is InChI=1S/C25H29ClFNO2/c1-29-23-4-2-3-17(25(23)30-14-18-5-6-21(27)12-22(18)26)13-28-24-19-8-15-7-16(10-19)11-20(24)9-15/h2-6,12,15-16,19-20,24,28H,7-11,13-14H2,1H3. The summed E-state index contributed by atoms with van der Waals surface area (Å²) in [6.07, 6.45) is 7.06. The van der Waals surface area contributed by atoms with Crippen LogP contribution in [0.2, 0.25) is 5.02 Å². The monoisotopic (exact) mass is 429 g/mol. The molecule has 4 bridgehead atoms. The Labute approximate surface area is 182 Å². The maximum atomic E-state index is 13.3. The first-order chi connectivity index (χ1) is 14.6. The van der Waals surface area contributed by atoms with Crippen LogP contribution < -0.4 is 14.8 Å². The van der Waals surface area contributed by atoms with Crippen molar-refractivity contribution in [3.63, 3.8) is 0 Å². The molecule has 1 N–H and O–H groups in total. The molecule has 3 nitrogen and oxygen atoms in total. The van der Waals surface area contributed by atoms with Crippen molar-refractivity contribution in [2.24, 2.45) is 23.7 Å². The van der Waals surface area contributed by atoms with E-state index in [9.17, 15) is 4.39 Å². The fourth-order valence-corrected chi connectivity index (χ4v) is 6.52. The van der Waals surface area contributed by atoms with E-state index in [1.807, 2.05) is 12.1 Å². The first-order valence-electron chi connectivity index (χ1n) is 11.1. The van der Waals surface area contributed by atoms with E-state index >= 15 is 0 Å². The van der Waals surface area contributed by atoms with Crippen LogP contribution in [0.15, 0.2) is 36.4 Å². The Hall–Kier alpha value is -1.78. The average Bonchev–Trinajstić information content (AvgIpc) is 2.72. The van der Waals surface area contributed by atoms with Crippen LogP contribution in [0.4, 0.5) is 4.39 Å². The zero-order valence-electron chi connectivity index (χ0n) is 17.4. The topological polar surface area (TPSA) is 30.5 Å². The van der Waals surface area contributed by atoms with Crippen LogP contribution in [0, 0.1) is 29.5 Å². The maximum absolute atomic E-state index is 13.3. The summed E-state index contributed by atoms with van der Waals surface area (Å²) in [5.74, 6) is 4.70. The highest BCUT2D eigenvalue weighted by Gasteiger charge is 2.47. The van der Waals surface area contributed by atoms with Crippen LogP contribution in [0.1, 0.15) is 43.2 Å². The van der Waals surface area contributed by atoms with Crippen LogP contribution in [0.3, 0.4) is 0 Å². The second kappa shape index (κ2) is 8.39. The van der Waals surface area contributed by atoms with E-state index < -0.39 is 0 Å². The van der Waals surface area contributed by atoms with Crippen molar-refractivity contribution in [1.29, 1.82) is 0 Å². The molecule has 0 saturated heterocycles. The second-order valence-electron chi connectivity index (χ2n) is 9.31. The predicted molar refractivity (Wildman–Crippen MR) is 116 cm³/mol. The van der Waals surface area contributed by atoms with Crippen LogP contribution in [-0.2, 0) is 13.2 Å². The fourth-order valence-electron chi connectivity index (χ4n) is 6.30. The predicted octanol–water partition coefficient (Wildman–Crippen LogP) is 5.98. The van der Waals surface area contributed by atoms with E-state index in [1.165, 1.54) is 44.2 Å². The summed E-state index contributed by atoms with van der Waals surface area (Å²) in [5.41, 5.74) is 1.84. The van der Waals surface area contributed by atoms with Gasteiger partial charge >= 0.3 is 0 Å². The van der Waals surface area contributed by atoms with Gasteiger partial charge in [-0.1, -0.05) is 29.8 Å². The summed E-state index contributed by atoms with van der Waals surface area (Å²) in [6, 6.07) is 11.0. The Kier molecular flexibility index (Phi) is 5.63. The molecule has 0 heterocycles. The van der Waals surface area contributed by atoms with Crippen LogP contribution >= 0.6 is 11.6 Å². The minimum Gasteiger partial charge on any atom is -0.493 e. The number of nitrogens with one attached hydrogen (secondary N) is 1. The number of hydrogen-bond donors (Lipinski definition) is 1. The van der Waals surface area contributed by atoms with Crippen LogP contribution in [-0.4, -0.2) is 13.2 Å². The van der Waals surface area contributed by atoms with E-state index in [4.69, 9.17) is 21.1 Å². The van der Waals surface area contributed by atoms with Crippen molar-refractivity contribution in [3.05, 3.63) is 58.4 Å². The molecule has 0 aromatic heterocycles. The molecule has 4 aliphatic rings. The highest BCUT2D eigenvalue weighted by atomic mass is 35.5. The quantitative estimate of drug-likeness (QED) is 0.587. The molecule has 2 aromatic rings. The summed E-state index contributed by atoms with van der Waals surface area (Å²) < 4.78 is 25.1. The van der Waals surface area contributed by atoms with E-state index in [-0.39, 0.29) is 12.4 Å². The summed E-state index contributed by atoms with van der Waals surface area (Å²) >= 11 is 6.18. The molecular weight excluding hydrogens is 401 g/mol. The Morgan fingerprint density at radius 1 is 1.00 bits per heavy atom. The minimum atomic E-state index is -0.346. The molecular formula is C25H29ClFNO2. The molecule has 0 atom stereocenters. The van der Waals surface area contributed by atoms with Gasteiger partial charge < -0.3 is 14.8 Å². The number of ether oxygens (including phenoxy) is 2. The lowest BCUT2D eigenvalue weighted by Gasteiger charge is -2.54. The molecule has 0 radical (unpaired) electrons. The van der Waals surface area contributed by atoms with Crippen molar-refractivity contribution < 1.29 is 13.9 Å². The normalized spacial score (nSPS) is 29.2. The molecule has 0 spiro atoms. The van der Waals surface area contributed by atoms with Gasteiger partial charge in [0.1, 0.15) is 12.4 Å². The number of halogens is 2. The molecule has 2 aromatic carbocycles. The van der Waals surface area contributed by atoms with E-state index in [0.717, 1.165) is 47.1 Å². The van der Waals surface area contributed by atoms with Gasteiger partial charge in [0.2, 0.25) is 0 Å². The summed E-state index contributed by atoms with van der Waals surface area (Å²) in [6.45, 7) is 1.03.